The van der Waals surface area contributed by atoms with Gasteiger partial charge in [0, 0.05) is 0 Å². The second-order valence-corrected chi connectivity index (χ2v) is 5.33. The summed E-state index contributed by atoms with van der Waals surface area (Å²) in [4.78, 5) is 11.7. The lowest BCUT2D eigenvalue weighted by molar-refractivity contribution is -0.147. The number of carboxylic acids is 1. The van der Waals surface area contributed by atoms with E-state index in [9.17, 15) is 9.90 Å². The summed E-state index contributed by atoms with van der Waals surface area (Å²) in [6.07, 6.45) is 2.79. The Bertz CT molecular complexity index is 471. The lowest BCUT2D eigenvalue weighted by Gasteiger charge is -2.30. The first-order chi connectivity index (χ1) is 9.64. The third kappa shape index (κ3) is 2.96. The van der Waals surface area contributed by atoms with Gasteiger partial charge in [-0.3, -0.25) is 10.1 Å². The Balaban J connectivity index is 2.14. The number of ether oxygens (including phenoxy) is 1. The molecule has 0 aromatic heterocycles. The topological polar surface area (TPSA) is 58.6 Å². The van der Waals surface area contributed by atoms with Crippen molar-refractivity contribution in [2.45, 2.75) is 38.6 Å². The van der Waals surface area contributed by atoms with Gasteiger partial charge in [0.1, 0.15) is 12.4 Å². The van der Waals surface area contributed by atoms with Crippen molar-refractivity contribution in [1.29, 1.82) is 0 Å². The molecule has 4 heteroatoms. The number of hydrogen-bond acceptors (Lipinski definition) is 3. The van der Waals surface area contributed by atoms with E-state index in [4.69, 9.17) is 4.74 Å². The van der Waals surface area contributed by atoms with Crippen LogP contribution in [0.1, 0.15) is 32.3 Å². The molecule has 0 heterocycles. The van der Waals surface area contributed by atoms with Crippen LogP contribution in [0.15, 0.2) is 24.3 Å². The number of nitrogens with one attached hydrogen (secondary N) is 1. The minimum absolute atomic E-state index is 0.175. The summed E-state index contributed by atoms with van der Waals surface area (Å²) < 4.78 is 5.87. The fraction of sp³-hybridized carbons (Fsp3) is 0.562. The second-order valence-electron chi connectivity index (χ2n) is 5.33. The number of hydrogen-bond donors (Lipinski definition) is 2. The maximum atomic E-state index is 11.7. The number of aliphatic carboxylic acids is 1. The predicted octanol–water partition coefficient (Wildman–Crippen LogP) is 2.47. The fourth-order valence-electron chi connectivity index (χ4n) is 2.65. The van der Waals surface area contributed by atoms with Crippen molar-refractivity contribution in [3.63, 3.8) is 0 Å². The Morgan fingerprint density at radius 2 is 2.10 bits per heavy atom. The number of benzene rings is 1. The van der Waals surface area contributed by atoms with E-state index in [1.165, 1.54) is 0 Å². The zero-order valence-corrected chi connectivity index (χ0v) is 12.2. The Morgan fingerprint density at radius 1 is 1.40 bits per heavy atom. The van der Waals surface area contributed by atoms with E-state index in [1.54, 1.807) is 0 Å². The molecule has 1 saturated carbocycles. The molecule has 0 spiro atoms. The minimum atomic E-state index is -0.949. The number of carboxylic acid groups (broad SMARTS) is 1. The normalized spacial score (nSPS) is 17.5. The third-order valence-corrected chi connectivity index (χ3v) is 3.96. The largest absolute Gasteiger partial charge is 0.491 e. The van der Waals surface area contributed by atoms with Gasteiger partial charge in [-0.15, -0.1) is 0 Å². The molecular formula is C16H23NO3. The van der Waals surface area contributed by atoms with Crippen LogP contribution in [0.4, 0.5) is 0 Å². The van der Waals surface area contributed by atoms with Crippen molar-refractivity contribution >= 4 is 5.97 Å². The van der Waals surface area contributed by atoms with Crippen LogP contribution in [0.25, 0.3) is 0 Å². The highest BCUT2D eigenvalue weighted by Crippen LogP contribution is 2.40. The molecule has 1 aliphatic rings. The lowest BCUT2D eigenvalue weighted by atomic mass is 9.94. The van der Waals surface area contributed by atoms with Gasteiger partial charge in [-0.05, 0) is 43.4 Å². The van der Waals surface area contributed by atoms with Crippen molar-refractivity contribution in [3.8, 4) is 5.75 Å². The Labute approximate surface area is 120 Å². The van der Waals surface area contributed by atoms with Gasteiger partial charge in [0.2, 0.25) is 0 Å². The highest BCUT2D eigenvalue weighted by molar-refractivity contribution is 5.80. The van der Waals surface area contributed by atoms with E-state index in [1.807, 2.05) is 31.2 Å². The molecule has 110 valence electrons. The summed E-state index contributed by atoms with van der Waals surface area (Å²) in [5.41, 5.74) is 0.161. The Morgan fingerprint density at radius 3 is 2.65 bits per heavy atom. The van der Waals surface area contributed by atoms with Crippen LogP contribution in [-0.4, -0.2) is 29.8 Å². The molecule has 1 atom stereocenters. The zero-order valence-electron chi connectivity index (χ0n) is 12.2. The maximum absolute atomic E-state index is 11.7. The number of rotatable bonds is 8. The monoisotopic (exact) mass is 277 g/mol. The predicted molar refractivity (Wildman–Crippen MR) is 78.1 cm³/mol. The van der Waals surface area contributed by atoms with Crippen LogP contribution < -0.4 is 10.1 Å². The van der Waals surface area contributed by atoms with Crippen LogP contribution >= 0.6 is 0 Å². The second kappa shape index (κ2) is 6.27. The number of likely N-dealkylation sites (N-methyl/N-ethyl adjacent to an activating group) is 1. The number of aryl methyl sites for hydroxylation is 1. The van der Waals surface area contributed by atoms with Gasteiger partial charge in [0.25, 0.3) is 0 Å². The van der Waals surface area contributed by atoms with Gasteiger partial charge in [-0.1, -0.05) is 32.0 Å². The van der Waals surface area contributed by atoms with Crippen LogP contribution in [0.5, 0.6) is 5.75 Å². The molecule has 2 N–H and O–H groups in total. The van der Waals surface area contributed by atoms with Crippen LogP contribution in [0.3, 0.4) is 0 Å². The molecule has 4 nitrogen and oxygen atoms in total. The molecule has 0 aliphatic heterocycles. The maximum Gasteiger partial charge on any atom is 0.327 e. The molecule has 0 saturated heterocycles. The number of para-hydroxylation sites is 1. The molecule has 1 aromatic rings. The van der Waals surface area contributed by atoms with Crippen LogP contribution in [-0.2, 0) is 11.2 Å². The van der Waals surface area contributed by atoms with E-state index in [2.05, 4.69) is 12.2 Å². The van der Waals surface area contributed by atoms with Crippen molar-refractivity contribution in [2.75, 3.05) is 13.2 Å². The standard InChI is InChI=1S/C16H23NO3/c1-3-12-7-5-6-8-14(12)20-11-16(15(18)19,17-4-2)13-9-10-13/h5-8,13,17H,3-4,9-11H2,1-2H3,(H,18,19). The first-order valence-electron chi connectivity index (χ1n) is 7.33. The lowest BCUT2D eigenvalue weighted by Crippen LogP contribution is -2.58. The van der Waals surface area contributed by atoms with Gasteiger partial charge in [0.15, 0.2) is 5.54 Å². The van der Waals surface area contributed by atoms with Gasteiger partial charge < -0.3 is 9.84 Å². The quantitative estimate of drug-likeness (QED) is 0.766. The van der Waals surface area contributed by atoms with Gasteiger partial charge in [0.05, 0.1) is 0 Å². The van der Waals surface area contributed by atoms with Gasteiger partial charge in [-0.25, -0.2) is 0 Å². The summed E-state index contributed by atoms with van der Waals surface area (Å²) >= 11 is 0. The van der Waals surface area contributed by atoms with Crippen molar-refractivity contribution in [1.82, 2.24) is 5.32 Å². The summed E-state index contributed by atoms with van der Waals surface area (Å²) in [6, 6.07) is 7.81. The van der Waals surface area contributed by atoms with Crippen molar-refractivity contribution in [3.05, 3.63) is 29.8 Å². The molecule has 1 unspecified atom stereocenters. The van der Waals surface area contributed by atoms with Gasteiger partial charge in [-0.2, -0.15) is 0 Å². The molecule has 2 rings (SSSR count). The van der Waals surface area contributed by atoms with E-state index in [0.717, 1.165) is 30.6 Å². The molecule has 20 heavy (non-hydrogen) atoms. The van der Waals surface area contributed by atoms with Gasteiger partial charge >= 0.3 is 5.97 Å². The summed E-state index contributed by atoms with van der Waals surface area (Å²) in [7, 11) is 0. The highest BCUT2D eigenvalue weighted by Gasteiger charge is 2.51. The summed E-state index contributed by atoms with van der Waals surface area (Å²) in [6.45, 7) is 4.80. The first-order valence-corrected chi connectivity index (χ1v) is 7.33. The molecule has 1 aliphatic carbocycles. The first kappa shape index (κ1) is 14.9. The molecule has 0 amide bonds. The average Bonchev–Trinajstić information content (AvgIpc) is 3.28. The van der Waals surface area contributed by atoms with E-state index < -0.39 is 11.5 Å². The highest BCUT2D eigenvalue weighted by atomic mass is 16.5. The SMILES string of the molecule is CCNC(COc1ccccc1CC)(C(=O)O)C1CC1. The molecule has 0 radical (unpaired) electrons. The van der Waals surface area contributed by atoms with Crippen molar-refractivity contribution in [2.24, 2.45) is 5.92 Å². The Kier molecular flexibility index (Phi) is 4.65. The zero-order chi connectivity index (χ0) is 14.6. The van der Waals surface area contributed by atoms with Crippen molar-refractivity contribution < 1.29 is 14.6 Å². The summed E-state index contributed by atoms with van der Waals surface area (Å²) in [5, 5.41) is 12.8. The fourth-order valence-corrected chi connectivity index (χ4v) is 2.65. The van der Waals surface area contributed by atoms with E-state index in [0.29, 0.717) is 6.54 Å². The molecule has 1 aromatic carbocycles. The van der Waals surface area contributed by atoms with Crippen LogP contribution in [0, 0.1) is 5.92 Å². The molecule has 0 bridgehead atoms. The average molecular weight is 277 g/mol. The third-order valence-electron chi connectivity index (χ3n) is 3.96. The molecule has 1 fully saturated rings. The molecular weight excluding hydrogens is 254 g/mol. The summed E-state index contributed by atoms with van der Waals surface area (Å²) in [5.74, 6) is 0.156. The smallest absolute Gasteiger partial charge is 0.327 e. The number of carbonyl (C=O) groups is 1. The van der Waals surface area contributed by atoms with Crippen LogP contribution in [0.2, 0.25) is 0 Å². The minimum Gasteiger partial charge on any atom is -0.491 e. The van der Waals surface area contributed by atoms with E-state index >= 15 is 0 Å². The van der Waals surface area contributed by atoms with E-state index in [-0.39, 0.29) is 12.5 Å². The Hall–Kier alpha value is -1.55.